The van der Waals surface area contributed by atoms with Crippen LogP contribution in [-0.4, -0.2) is 43.1 Å². The Morgan fingerprint density at radius 3 is 2.38 bits per heavy atom. The number of likely N-dealkylation sites (tertiary alicyclic amines) is 1. The standard InChI is InChI=1S/C11H20N2O3/c1-2-16-11(15)12-9-10(14)13-7-5-3-4-6-8-13/h2-9H2,1H3,(H,12,15). The number of alkyl carbamates (subject to hydrolysis) is 1. The van der Waals surface area contributed by atoms with E-state index in [0.29, 0.717) is 6.61 Å². The first-order valence-electron chi connectivity index (χ1n) is 5.92. The summed E-state index contributed by atoms with van der Waals surface area (Å²) in [6.45, 7) is 3.71. The molecule has 2 amide bonds. The Bertz CT molecular complexity index is 235. The molecule has 0 bridgehead atoms. The topological polar surface area (TPSA) is 58.6 Å². The van der Waals surface area contributed by atoms with Gasteiger partial charge in [-0.1, -0.05) is 12.8 Å². The van der Waals surface area contributed by atoms with Gasteiger partial charge in [-0.15, -0.1) is 0 Å². The number of ether oxygens (including phenoxy) is 1. The quantitative estimate of drug-likeness (QED) is 0.788. The Labute approximate surface area is 96.1 Å². The summed E-state index contributed by atoms with van der Waals surface area (Å²) in [6.07, 6.45) is 3.98. The normalized spacial score (nSPS) is 16.4. The Kier molecular flexibility index (Phi) is 5.67. The maximum absolute atomic E-state index is 11.7. The zero-order valence-electron chi connectivity index (χ0n) is 9.83. The van der Waals surface area contributed by atoms with Gasteiger partial charge in [0.1, 0.15) is 6.54 Å². The van der Waals surface area contributed by atoms with Gasteiger partial charge in [0.2, 0.25) is 5.91 Å². The molecule has 0 spiro atoms. The van der Waals surface area contributed by atoms with Crippen LogP contribution in [0.2, 0.25) is 0 Å². The lowest BCUT2D eigenvalue weighted by Gasteiger charge is -2.20. The molecule has 0 aliphatic carbocycles. The van der Waals surface area contributed by atoms with E-state index in [9.17, 15) is 9.59 Å². The van der Waals surface area contributed by atoms with Gasteiger partial charge in [0, 0.05) is 13.1 Å². The number of hydrogen-bond donors (Lipinski definition) is 1. The largest absolute Gasteiger partial charge is 0.450 e. The zero-order valence-corrected chi connectivity index (χ0v) is 9.83. The van der Waals surface area contributed by atoms with Crippen LogP contribution >= 0.6 is 0 Å². The van der Waals surface area contributed by atoms with E-state index in [0.717, 1.165) is 25.9 Å². The molecule has 1 N–H and O–H groups in total. The van der Waals surface area contributed by atoms with E-state index >= 15 is 0 Å². The molecule has 0 radical (unpaired) electrons. The SMILES string of the molecule is CCOC(=O)NCC(=O)N1CCCCCC1. The van der Waals surface area contributed by atoms with Gasteiger partial charge in [0.15, 0.2) is 0 Å². The number of carbonyl (C=O) groups is 2. The lowest BCUT2D eigenvalue weighted by molar-refractivity contribution is -0.130. The van der Waals surface area contributed by atoms with Gasteiger partial charge in [-0.2, -0.15) is 0 Å². The lowest BCUT2D eigenvalue weighted by Crippen LogP contribution is -2.40. The number of nitrogens with zero attached hydrogens (tertiary/aromatic N) is 1. The Morgan fingerprint density at radius 1 is 1.19 bits per heavy atom. The summed E-state index contributed by atoms with van der Waals surface area (Å²) < 4.78 is 4.68. The maximum Gasteiger partial charge on any atom is 0.407 e. The maximum atomic E-state index is 11.7. The average molecular weight is 228 g/mol. The van der Waals surface area contributed by atoms with Crippen molar-refractivity contribution in [1.29, 1.82) is 0 Å². The smallest absolute Gasteiger partial charge is 0.407 e. The third-order valence-corrected chi connectivity index (χ3v) is 2.62. The van der Waals surface area contributed by atoms with Crippen molar-refractivity contribution in [2.24, 2.45) is 0 Å². The minimum absolute atomic E-state index is 0.0186. The third-order valence-electron chi connectivity index (χ3n) is 2.62. The van der Waals surface area contributed by atoms with Crippen LogP contribution in [0.4, 0.5) is 4.79 Å². The fraction of sp³-hybridized carbons (Fsp3) is 0.818. The van der Waals surface area contributed by atoms with Gasteiger partial charge in [-0.05, 0) is 19.8 Å². The van der Waals surface area contributed by atoms with Gasteiger partial charge < -0.3 is 15.0 Å². The van der Waals surface area contributed by atoms with Gasteiger partial charge in [-0.3, -0.25) is 4.79 Å². The highest BCUT2D eigenvalue weighted by molar-refractivity contribution is 5.82. The highest BCUT2D eigenvalue weighted by Gasteiger charge is 2.15. The second-order valence-corrected chi connectivity index (χ2v) is 3.87. The van der Waals surface area contributed by atoms with Gasteiger partial charge in [0.25, 0.3) is 0 Å². The van der Waals surface area contributed by atoms with Crippen LogP contribution in [0, 0.1) is 0 Å². The summed E-state index contributed by atoms with van der Waals surface area (Å²) in [5.41, 5.74) is 0. The van der Waals surface area contributed by atoms with Crippen LogP contribution < -0.4 is 5.32 Å². The van der Waals surface area contributed by atoms with E-state index in [4.69, 9.17) is 0 Å². The molecule has 1 aliphatic rings. The Morgan fingerprint density at radius 2 is 1.81 bits per heavy atom. The molecule has 0 atom stereocenters. The molecule has 0 aromatic rings. The van der Waals surface area contributed by atoms with E-state index in [1.165, 1.54) is 12.8 Å². The summed E-state index contributed by atoms with van der Waals surface area (Å²) in [5, 5.41) is 2.45. The van der Waals surface area contributed by atoms with Crippen LogP contribution in [0.5, 0.6) is 0 Å². The van der Waals surface area contributed by atoms with Gasteiger partial charge in [0.05, 0.1) is 6.61 Å². The van der Waals surface area contributed by atoms with Crippen LogP contribution in [0.25, 0.3) is 0 Å². The molecule has 5 heteroatoms. The molecule has 0 aromatic heterocycles. The Balaban J connectivity index is 2.25. The second-order valence-electron chi connectivity index (χ2n) is 3.87. The van der Waals surface area contributed by atoms with E-state index in [-0.39, 0.29) is 12.5 Å². The van der Waals surface area contributed by atoms with Crippen molar-refractivity contribution < 1.29 is 14.3 Å². The monoisotopic (exact) mass is 228 g/mol. The summed E-state index contributed by atoms with van der Waals surface area (Å²) in [4.78, 5) is 24.5. The summed E-state index contributed by atoms with van der Waals surface area (Å²) in [6, 6.07) is 0. The number of carbonyl (C=O) groups excluding carboxylic acids is 2. The van der Waals surface area contributed by atoms with Crippen LogP contribution in [0.3, 0.4) is 0 Å². The molecule has 1 saturated heterocycles. The molecular formula is C11H20N2O3. The number of nitrogens with one attached hydrogen (secondary N) is 1. The molecule has 1 rings (SSSR count). The summed E-state index contributed by atoms with van der Waals surface area (Å²) in [7, 11) is 0. The van der Waals surface area contributed by atoms with Crippen LogP contribution in [0.1, 0.15) is 32.6 Å². The third kappa shape index (κ3) is 4.51. The zero-order chi connectivity index (χ0) is 11.8. The number of rotatable bonds is 3. The minimum Gasteiger partial charge on any atom is -0.450 e. The van der Waals surface area contributed by atoms with Gasteiger partial charge >= 0.3 is 6.09 Å². The van der Waals surface area contributed by atoms with Crippen molar-refractivity contribution >= 4 is 12.0 Å². The molecule has 16 heavy (non-hydrogen) atoms. The number of hydrogen-bond acceptors (Lipinski definition) is 3. The molecule has 5 nitrogen and oxygen atoms in total. The lowest BCUT2D eigenvalue weighted by atomic mass is 10.2. The molecular weight excluding hydrogens is 208 g/mol. The Hall–Kier alpha value is -1.26. The predicted molar refractivity (Wildman–Crippen MR) is 60.1 cm³/mol. The molecule has 0 aromatic carbocycles. The molecule has 0 saturated carbocycles. The number of amides is 2. The van der Waals surface area contributed by atoms with Crippen molar-refractivity contribution in [3.05, 3.63) is 0 Å². The second kappa shape index (κ2) is 7.09. The van der Waals surface area contributed by atoms with Crippen molar-refractivity contribution in [2.75, 3.05) is 26.2 Å². The molecule has 1 aliphatic heterocycles. The first-order valence-corrected chi connectivity index (χ1v) is 5.92. The summed E-state index contributed by atoms with van der Waals surface area (Å²) >= 11 is 0. The molecule has 1 heterocycles. The molecule has 1 fully saturated rings. The molecule has 92 valence electrons. The fourth-order valence-corrected chi connectivity index (χ4v) is 1.76. The predicted octanol–water partition coefficient (Wildman–Crippen LogP) is 1.14. The first-order chi connectivity index (χ1) is 7.74. The van der Waals surface area contributed by atoms with Crippen molar-refractivity contribution in [2.45, 2.75) is 32.6 Å². The fourth-order valence-electron chi connectivity index (χ4n) is 1.76. The highest BCUT2D eigenvalue weighted by Crippen LogP contribution is 2.09. The van der Waals surface area contributed by atoms with Crippen molar-refractivity contribution in [3.8, 4) is 0 Å². The minimum atomic E-state index is -0.523. The van der Waals surface area contributed by atoms with E-state index < -0.39 is 6.09 Å². The van der Waals surface area contributed by atoms with E-state index in [1.54, 1.807) is 6.92 Å². The summed E-state index contributed by atoms with van der Waals surface area (Å²) in [5.74, 6) is -0.0186. The van der Waals surface area contributed by atoms with E-state index in [1.807, 2.05) is 4.90 Å². The van der Waals surface area contributed by atoms with Crippen LogP contribution in [-0.2, 0) is 9.53 Å². The van der Waals surface area contributed by atoms with Gasteiger partial charge in [-0.25, -0.2) is 4.79 Å². The highest BCUT2D eigenvalue weighted by atomic mass is 16.5. The molecule has 0 unspecified atom stereocenters. The average Bonchev–Trinajstić information content (AvgIpc) is 2.55. The van der Waals surface area contributed by atoms with Crippen molar-refractivity contribution in [1.82, 2.24) is 10.2 Å². The van der Waals surface area contributed by atoms with E-state index in [2.05, 4.69) is 10.1 Å². The van der Waals surface area contributed by atoms with Crippen molar-refractivity contribution in [3.63, 3.8) is 0 Å². The van der Waals surface area contributed by atoms with Crippen LogP contribution in [0.15, 0.2) is 0 Å². The first kappa shape index (κ1) is 12.8.